The Morgan fingerprint density at radius 3 is 2.55 bits per heavy atom. The van der Waals surface area contributed by atoms with E-state index < -0.39 is 5.97 Å². The van der Waals surface area contributed by atoms with Crippen molar-refractivity contribution >= 4 is 5.97 Å². The van der Waals surface area contributed by atoms with Crippen molar-refractivity contribution in [2.24, 2.45) is 5.92 Å². The summed E-state index contributed by atoms with van der Waals surface area (Å²) in [5.41, 5.74) is 4.99. The standard InChI is InChI=1S/C28H27FO4/c1-32-24-13-22(12-23(29)15-24)17-2-6-19(7-3-17)26-11-10-20-8-9-21(14-27(20)33-26)25(16-28(30)31)18-4-5-18/h2-3,6-9,12-15,18,25-26H,4-5,10-11,16H2,1H3,(H,30,31). The van der Waals surface area contributed by atoms with Gasteiger partial charge in [0.15, 0.2) is 0 Å². The second-order valence-corrected chi connectivity index (χ2v) is 9.06. The first kappa shape index (κ1) is 21.5. The Hall–Kier alpha value is -3.34. The van der Waals surface area contributed by atoms with Crippen molar-refractivity contribution in [3.63, 3.8) is 0 Å². The summed E-state index contributed by atoms with van der Waals surface area (Å²) in [7, 11) is 1.53. The van der Waals surface area contributed by atoms with Crippen LogP contribution in [-0.2, 0) is 11.2 Å². The molecule has 3 aromatic carbocycles. The first-order chi connectivity index (χ1) is 16.0. The van der Waals surface area contributed by atoms with Gasteiger partial charge in [-0.3, -0.25) is 4.79 Å². The number of fused-ring (bicyclic) bond motifs is 1. The zero-order valence-electron chi connectivity index (χ0n) is 18.6. The monoisotopic (exact) mass is 446 g/mol. The van der Waals surface area contributed by atoms with E-state index in [9.17, 15) is 14.3 Å². The lowest BCUT2D eigenvalue weighted by Crippen LogP contribution is -2.16. The molecule has 5 heteroatoms. The molecule has 3 aromatic rings. The summed E-state index contributed by atoms with van der Waals surface area (Å²) < 4.78 is 25.5. The zero-order chi connectivity index (χ0) is 22.9. The summed E-state index contributed by atoms with van der Waals surface area (Å²) in [4.78, 5) is 11.4. The largest absolute Gasteiger partial charge is 0.497 e. The molecule has 2 atom stereocenters. The number of benzene rings is 3. The highest BCUT2D eigenvalue weighted by atomic mass is 19.1. The highest BCUT2D eigenvalue weighted by molar-refractivity contribution is 5.68. The average molecular weight is 447 g/mol. The summed E-state index contributed by atoms with van der Waals surface area (Å²) in [5, 5.41) is 9.34. The van der Waals surface area contributed by atoms with Gasteiger partial charge in [0.2, 0.25) is 0 Å². The number of halogens is 1. The van der Waals surface area contributed by atoms with Crippen molar-refractivity contribution in [1.82, 2.24) is 0 Å². The Morgan fingerprint density at radius 2 is 1.85 bits per heavy atom. The van der Waals surface area contributed by atoms with Crippen LogP contribution in [-0.4, -0.2) is 18.2 Å². The molecule has 33 heavy (non-hydrogen) atoms. The number of methoxy groups -OCH3 is 1. The Kier molecular flexibility index (Phi) is 5.79. The van der Waals surface area contributed by atoms with Gasteiger partial charge in [-0.2, -0.15) is 0 Å². The number of carbonyl (C=O) groups is 1. The van der Waals surface area contributed by atoms with E-state index >= 15 is 0 Å². The number of hydrogen-bond donors (Lipinski definition) is 1. The maximum atomic E-state index is 13.9. The fourth-order valence-electron chi connectivity index (χ4n) is 4.83. The molecule has 170 valence electrons. The third kappa shape index (κ3) is 4.72. The van der Waals surface area contributed by atoms with Crippen LogP contribution in [0.5, 0.6) is 11.5 Å². The molecule has 4 nitrogen and oxygen atoms in total. The maximum Gasteiger partial charge on any atom is 0.303 e. The van der Waals surface area contributed by atoms with Crippen LogP contribution in [0.3, 0.4) is 0 Å². The second kappa shape index (κ2) is 8.89. The first-order valence-corrected chi connectivity index (χ1v) is 11.5. The minimum atomic E-state index is -0.751. The smallest absolute Gasteiger partial charge is 0.303 e. The number of hydrogen-bond acceptors (Lipinski definition) is 3. The van der Waals surface area contributed by atoms with Gasteiger partial charge >= 0.3 is 5.97 Å². The van der Waals surface area contributed by atoms with Crippen LogP contribution in [0, 0.1) is 11.7 Å². The van der Waals surface area contributed by atoms with Crippen molar-refractivity contribution in [1.29, 1.82) is 0 Å². The molecule has 5 rings (SSSR count). The maximum absolute atomic E-state index is 13.9. The number of aliphatic carboxylic acids is 1. The second-order valence-electron chi connectivity index (χ2n) is 9.06. The Morgan fingerprint density at radius 1 is 1.06 bits per heavy atom. The fourth-order valence-corrected chi connectivity index (χ4v) is 4.83. The molecule has 1 aliphatic heterocycles. The van der Waals surface area contributed by atoms with Gasteiger partial charge in [-0.05, 0) is 83.5 Å². The first-order valence-electron chi connectivity index (χ1n) is 11.5. The molecular weight excluding hydrogens is 419 g/mol. The molecular formula is C28H27FO4. The topological polar surface area (TPSA) is 55.8 Å². The summed E-state index contributed by atoms with van der Waals surface area (Å²) in [6.45, 7) is 0. The molecule has 0 radical (unpaired) electrons. The highest BCUT2D eigenvalue weighted by Gasteiger charge is 2.34. The van der Waals surface area contributed by atoms with E-state index in [0.29, 0.717) is 11.7 Å². The van der Waals surface area contributed by atoms with Crippen LogP contribution in [0.2, 0.25) is 0 Å². The van der Waals surface area contributed by atoms with Crippen LogP contribution >= 0.6 is 0 Å². The predicted molar refractivity (Wildman–Crippen MR) is 124 cm³/mol. The molecule has 1 aliphatic carbocycles. The molecule has 0 aromatic heterocycles. The van der Waals surface area contributed by atoms with E-state index in [-0.39, 0.29) is 24.3 Å². The van der Waals surface area contributed by atoms with Gasteiger partial charge in [-0.15, -0.1) is 0 Å². The molecule has 1 saturated carbocycles. The van der Waals surface area contributed by atoms with Crippen LogP contribution in [0.1, 0.15) is 54.4 Å². The molecule has 1 fully saturated rings. The third-order valence-electron chi connectivity index (χ3n) is 6.77. The van der Waals surface area contributed by atoms with Gasteiger partial charge < -0.3 is 14.6 Å². The number of aryl methyl sites for hydroxylation is 1. The lowest BCUT2D eigenvalue weighted by Gasteiger charge is -2.28. The molecule has 0 spiro atoms. The van der Waals surface area contributed by atoms with Crippen LogP contribution in [0.25, 0.3) is 11.1 Å². The van der Waals surface area contributed by atoms with Gasteiger partial charge in [0.25, 0.3) is 0 Å². The number of ether oxygens (including phenoxy) is 2. The van der Waals surface area contributed by atoms with Crippen molar-refractivity contribution in [3.8, 4) is 22.6 Å². The third-order valence-corrected chi connectivity index (χ3v) is 6.77. The van der Waals surface area contributed by atoms with E-state index in [2.05, 4.69) is 18.2 Å². The molecule has 2 aliphatic rings. The van der Waals surface area contributed by atoms with Gasteiger partial charge in [0.05, 0.1) is 13.5 Å². The van der Waals surface area contributed by atoms with E-state index in [1.165, 1.54) is 24.8 Å². The highest BCUT2D eigenvalue weighted by Crippen LogP contribution is 2.46. The summed E-state index contributed by atoms with van der Waals surface area (Å²) in [5.74, 6) is 0.790. The number of rotatable bonds is 7. The quantitative estimate of drug-likeness (QED) is 0.448. The molecule has 0 saturated heterocycles. The lowest BCUT2D eigenvalue weighted by molar-refractivity contribution is -0.137. The van der Waals surface area contributed by atoms with E-state index in [1.54, 1.807) is 0 Å². The Labute approximate surface area is 193 Å². The van der Waals surface area contributed by atoms with Gasteiger partial charge in [0.1, 0.15) is 23.4 Å². The molecule has 0 amide bonds. The average Bonchev–Trinajstić information content (AvgIpc) is 3.67. The molecule has 2 unspecified atom stereocenters. The fraction of sp³-hybridized carbons (Fsp3) is 0.321. The summed E-state index contributed by atoms with van der Waals surface area (Å²) in [6.07, 6.45) is 4.09. The molecule has 1 heterocycles. The van der Waals surface area contributed by atoms with Crippen LogP contribution < -0.4 is 9.47 Å². The van der Waals surface area contributed by atoms with Gasteiger partial charge in [-0.1, -0.05) is 36.4 Å². The summed E-state index contributed by atoms with van der Waals surface area (Å²) in [6, 6.07) is 18.9. The van der Waals surface area contributed by atoms with Crippen molar-refractivity contribution < 1.29 is 23.8 Å². The number of carboxylic acid groups (broad SMARTS) is 1. The Balaban J connectivity index is 1.35. The normalized spacial score (nSPS) is 18.2. The van der Waals surface area contributed by atoms with Crippen molar-refractivity contribution in [3.05, 3.63) is 83.2 Å². The zero-order valence-corrected chi connectivity index (χ0v) is 18.6. The van der Waals surface area contributed by atoms with Crippen molar-refractivity contribution in [2.75, 3.05) is 7.11 Å². The summed E-state index contributed by atoms with van der Waals surface area (Å²) >= 11 is 0. The van der Waals surface area contributed by atoms with Crippen LogP contribution in [0.15, 0.2) is 60.7 Å². The lowest BCUT2D eigenvalue weighted by atomic mass is 9.88. The van der Waals surface area contributed by atoms with E-state index in [4.69, 9.17) is 9.47 Å². The minimum Gasteiger partial charge on any atom is -0.497 e. The van der Waals surface area contributed by atoms with Crippen LogP contribution in [0.4, 0.5) is 4.39 Å². The molecule has 0 bridgehead atoms. The van der Waals surface area contributed by atoms with E-state index in [0.717, 1.165) is 53.7 Å². The SMILES string of the molecule is COc1cc(F)cc(-c2ccc(C3CCc4ccc(C(CC(=O)O)C5CC5)cc4O3)cc2)c1. The number of carboxylic acids is 1. The van der Waals surface area contributed by atoms with Gasteiger partial charge in [0, 0.05) is 6.07 Å². The van der Waals surface area contributed by atoms with Crippen molar-refractivity contribution in [2.45, 2.75) is 44.1 Å². The minimum absolute atomic E-state index is 0.0549. The Bertz CT molecular complexity index is 1170. The van der Waals surface area contributed by atoms with E-state index in [1.807, 2.05) is 30.3 Å². The predicted octanol–water partition coefficient (Wildman–Crippen LogP) is 6.54. The molecule has 1 N–H and O–H groups in total. The van der Waals surface area contributed by atoms with Gasteiger partial charge in [-0.25, -0.2) is 4.39 Å².